The second kappa shape index (κ2) is 10.2. The molecule has 0 aliphatic carbocycles. The Labute approximate surface area is 211 Å². The van der Waals surface area contributed by atoms with E-state index in [0.717, 1.165) is 22.6 Å². The van der Waals surface area contributed by atoms with Crippen molar-refractivity contribution in [2.45, 2.75) is 19.0 Å². The van der Waals surface area contributed by atoms with Crippen LogP contribution in [0.2, 0.25) is 0 Å². The third-order valence-corrected chi connectivity index (χ3v) is 6.69. The van der Waals surface area contributed by atoms with Crippen LogP contribution in [0.4, 0.5) is 0 Å². The molecule has 0 bridgehead atoms. The van der Waals surface area contributed by atoms with E-state index < -0.39 is 0 Å². The van der Waals surface area contributed by atoms with E-state index in [9.17, 15) is 9.59 Å². The van der Waals surface area contributed by atoms with Crippen molar-refractivity contribution in [2.75, 3.05) is 18.9 Å². The summed E-state index contributed by atoms with van der Waals surface area (Å²) in [4.78, 5) is 25.9. The van der Waals surface area contributed by atoms with Crippen molar-refractivity contribution in [3.8, 4) is 11.4 Å². The minimum atomic E-state index is -0.164. The van der Waals surface area contributed by atoms with Crippen LogP contribution in [-0.2, 0) is 4.79 Å². The van der Waals surface area contributed by atoms with Gasteiger partial charge >= 0.3 is 0 Å². The molecular formula is C27H25N5O3S. The lowest BCUT2D eigenvalue weighted by Crippen LogP contribution is -2.29. The minimum Gasteiger partial charge on any atom is -0.492 e. The lowest BCUT2D eigenvalue weighted by molar-refractivity contribution is -0.118. The molecular weight excluding hydrogens is 474 g/mol. The fraction of sp³-hybridized carbons (Fsp3) is 0.185. The number of hydrogen-bond acceptors (Lipinski definition) is 6. The molecule has 0 atom stereocenters. The SMILES string of the molecule is Cc1cccc(OCCNC(=O)CSc2nnc3n(-c4ccccc4C)c(=O)c4ccccc4n23)c1. The van der Waals surface area contributed by atoms with Crippen molar-refractivity contribution in [3.05, 3.63) is 94.3 Å². The number of hydrogen-bond donors (Lipinski definition) is 1. The Morgan fingerprint density at radius 2 is 1.81 bits per heavy atom. The molecule has 0 aliphatic rings. The molecule has 5 aromatic rings. The smallest absolute Gasteiger partial charge is 0.267 e. The van der Waals surface area contributed by atoms with Crippen molar-refractivity contribution < 1.29 is 9.53 Å². The lowest BCUT2D eigenvalue weighted by Gasteiger charge is -2.13. The van der Waals surface area contributed by atoms with Gasteiger partial charge in [-0.3, -0.25) is 14.0 Å². The maximum absolute atomic E-state index is 13.4. The molecule has 0 aliphatic heterocycles. The van der Waals surface area contributed by atoms with Crippen LogP contribution in [0.5, 0.6) is 5.75 Å². The Bertz CT molecular complexity index is 1630. The topological polar surface area (TPSA) is 90.5 Å². The number of carbonyl (C=O) groups excluding carboxylic acids is 1. The Morgan fingerprint density at radius 1 is 1.00 bits per heavy atom. The van der Waals surface area contributed by atoms with Gasteiger partial charge < -0.3 is 10.1 Å². The molecule has 36 heavy (non-hydrogen) atoms. The number of para-hydroxylation sites is 2. The molecule has 0 saturated carbocycles. The molecule has 2 aromatic heterocycles. The van der Waals surface area contributed by atoms with Gasteiger partial charge in [-0.25, -0.2) is 4.57 Å². The van der Waals surface area contributed by atoms with Gasteiger partial charge in [-0.2, -0.15) is 0 Å². The second-order valence-corrected chi connectivity index (χ2v) is 9.31. The van der Waals surface area contributed by atoms with Crippen LogP contribution in [0.25, 0.3) is 22.4 Å². The van der Waals surface area contributed by atoms with E-state index >= 15 is 0 Å². The van der Waals surface area contributed by atoms with Crippen molar-refractivity contribution in [2.24, 2.45) is 0 Å². The van der Waals surface area contributed by atoms with Crippen LogP contribution in [0.15, 0.2) is 82.7 Å². The van der Waals surface area contributed by atoms with Crippen molar-refractivity contribution >= 4 is 34.3 Å². The van der Waals surface area contributed by atoms with E-state index in [4.69, 9.17) is 4.74 Å². The molecule has 182 valence electrons. The van der Waals surface area contributed by atoms with Crippen LogP contribution >= 0.6 is 11.8 Å². The largest absolute Gasteiger partial charge is 0.492 e. The molecule has 1 amide bonds. The molecule has 5 rings (SSSR count). The molecule has 0 spiro atoms. The first-order chi connectivity index (χ1) is 17.5. The van der Waals surface area contributed by atoms with Crippen molar-refractivity contribution in [1.82, 2.24) is 24.5 Å². The maximum Gasteiger partial charge on any atom is 0.267 e. The first kappa shape index (κ1) is 23.6. The van der Waals surface area contributed by atoms with Crippen LogP contribution < -0.4 is 15.6 Å². The third kappa shape index (κ3) is 4.70. The quantitative estimate of drug-likeness (QED) is 0.257. The van der Waals surface area contributed by atoms with Gasteiger partial charge in [-0.05, 0) is 55.3 Å². The average Bonchev–Trinajstić information content (AvgIpc) is 3.30. The predicted octanol–water partition coefficient (Wildman–Crippen LogP) is 3.94. The van der Waals surface area contributed by atoms with Gasteiger partial charge in [0, 0.05) is 0 Å². The monoisotopic (exact) mass is 499 g/mol. The molecule has 8 nitrogen and oxygen atoms in total. The fourth-order valence-corrected chi connectivity index (χ4v) is 4.82. The van der Waals surface area contributed by atoms with Gasteiger partial charge in [0.15, 0.2) is 5.16 Å². The van der Waals surface area contributed by atoms with Gasteiger partial charge in [-0.1, -0.05) is 54.2 Å². The van der Waals surface area contributed by atoms with E-state index in [-0.39, 0.29) is 17.2 Å². The predicted molar refractivity (Wildman–Crippen MR) is 141 cm³/mol. The van der Waals surface area contributed by atoms with E-state index in [2.05, 4.69) is 15.5 Å². The highest BCUT2D eigenvalue weighted by atomic mass is 32.2. The number of aromatic nitrogens is 4. The fourth-order valence-electron chi connectivity index (χ4n) is 4.05. The van der Waals surface area contributed by atoms with Gasteiger partial charge in [0.1, 0.15) is 12.4 Å². The first-order valence-corrected chi connectivity index (χ1v) is 12.6. The normalized spacial score (nSPS) is 11.2. The number of thioether (sulfide) groups is 1. The molecule has 9 heteroatoms. The second-order valence-electron chi connectivity index (χ2n) is 8.37. The molecule has 2 heterocycles. The number of nitrogens with one attached hydrogen (secondary N) is 1. The van der Waals surface area contributed by atoms with Crippen molar-refractivity contribution in [3.63, 3.8) is 0 Å². The number of benzene rings is 3. The zero-order valence-corrected chi connectivity index (χ0v) is 20.8. The summed E-state index contributed by atoms with van der Waals surface area (Å²) in [6, 6.07) is 22.8. The van der Waals surface area contributed by atoms with Gasteiger partial charge in [0.05, 0.1) is 28.9 Å². The van der Waals surface area contributed by atoms with E-state index in [1.807, 2.05) is 85.0 Å². The summed E-state index contributed by atoms with van der Waals surface area (Å²) in [6.45, 7) is 4.72. The summed E-state index contributed by atoms with van der Waals surface area (Å²) in [7, 11) is 0. The Kier molecular flexibility index (Phi) is 6.73. The molecule has 0 radical (unpaired) electrons. The number of fused-ring (bicyclic) bond motifs is 3. The van der Waals surface area contributed by atoms with E-state index in [0.29, 0.717) is 35.0 Å². The summed E-state index contributed by atoms with van der Waals surface area (Å²) < 4.78 is 9.11. The lowest BCUT2D eigenvalue weighted by atomic mass is 10.2. The molecule has 1 N–H and O–H groups in total. The van der Waals surface area contributed by atoms with E-state index in [1.54, 1.807) is 10.6 Å². The third-order valence-electron chi connectivity index (χ3n) is 5.77. The number of amides is 1. The highest BCUT2D eigenvalue weighted by Gasteiger charge is 2.19. The summed E-state index contributed by atoms with van der Waals surface area (Å²) in [5.74, 6) is 1.20. The summed E-state index contributed by atoms with van der Waals surface area (Å²) in [5.41, 5.74) is 3.34. The highest BCUT2D eigenvalue weighted by Crippen LogP contribution is 2.24. The maximum atomic E-state index is 13.4. The summed E-state index contributed by atoms with van der Waals surface area (Å²) in [5, 5.41) is 12.6. The minimum absolute atomic E-state index is 0.138. The summed E-state index contributed by atoms with van der Waals surface area (Å²) >= 11 is 1.27. The average molecular weight is 500 g/mol. The Morgan fingerprint density at radius 3 is 2.64 bits per heavy atom. The molecule has 0 fully saturated rings. The molecule has 0 saturated heterocycles. The van der Waals surface area contributed by atoms with Gasteiger partial charge in [-0.15, -0.1) is 10.2 Å². The number of nitrogens with zero attached hydrogens (tertiary/aromatic N) is 4. The van der Waals surface area contributed by atoms with Crippen LogP contribution in [0.3, 0.4) is 0 Å². The van der Waals surface area contributed by atoms with Gasteiger partial charge in [0.2, 0.25) is 11.7 Å². The zero-order chi connectivity index (χ0) is 25.1. The number of rotatable bonds is 8. The standard InChI is InChI=1S/C27H25N5O3S/c1-18-8-7-10-20(16-18)35-15-14-28-24(33)17-36-27-30-29-26-31(22-12-5-3-9-19(22)2)25(34)21-11-4-6-13-23(21)32(26)27/h3-13,16H,14-15,17H2,1-2H3,(H,28,33). The number of ether oxygens (including phenoxy) is 1. The highest BCUT2D eigenvalue weighted by molar-refractivity contribution is 7.99. The van der Waals surface area contributed by atoms with Crippen molar-refractivity contribution in [1.29, 1.82) is 0 Å². The number of carbonyl (C=O) groups is 1. The van der Waals surface area contributed by atoms with Crippen LogP contribution in [0, 0.1) is 13.8 Å². The van der Waals surface area contributed by atoms with Crippen LogP contribution in [0.1, 0.15) is 11.1 Å². The first-order valence-electron chi connectivity index (χ1n) is 11.6. The number of aryl methyl sites for hydroxylation is 2. The van der Waals surface area contributed by atoms with E-state index in [1.165, 1.54) is 11.8 Å². The van der Waals surface area contributed by atoms with Gasteiger partial charge in [0.25, 0.3) is 5.56 Å². The van der Waals surface area contributed by atoms with Crippen LogP contribution in [-0.4, -0.2) is 44.0 Å². The molecule has 0 unspecified atom stereocenters. The summed E-state index contributed by atoms with van der Waals surface area (Å²) in [6.07, 6.45) is 0. The zero-order valence-electron chi connectivity index (χ0n) is 20.0. The Hall–Kier alpha value is -4.11. The molecule has 3 aromatic carbocycles. The Balaban J connectivity index is 1.36.